The Kier molecular flexibility index (Phi) is 3.81. The Bertz CT molecular complexity index is 1300. The Morgan fingerprint density at radius 1 is 1.09 bits per heavy atom. The predicted molar refractivity (Wildman–Crippen MR) is 119 cm³/mol. The van der Waals surface area contributed by atoms with Gasteiger partial charge < -0.3 is 0 Å². The number of fused-ring (bicyclic) bond motifs is 1. The second-order valence-corrected chi connectivity index (χ2v) is 10.5. The number of carbonyl (C=O) groups is 1. The topological polar surface area (TPSA) is 50.5 Å². The zero-order chi connectivity index (χ0) is 22.4. The molecule has 1 amide bonds. The molecule has 1 atom stereocenters. The smallest absolute Gasteiger partial charge is 0.249 e. The Labute approximate surface area is 190 Å². The van der Waals surface area contributed by atoms with E-state index in [1.165, 1.54) is 17.1 Å². The lowest BCUT2D eigenvalue weighted by atomic mass is 9.34. The molecule has 0 radical (unpaired) electrons. The van der Waals surface area contributed by atoms with Crippen molar-refractivity contribution in [2.75, 3.05) is 0 Å². The van der Waals surface area contributed by atoms with Crippen LogP contribution in [0.25, 0.3) is 10.9 Å². The molecule has 33 heavy (non-hydrogen) atoms. The van der Waals surface area contributed by atoms with Crippen LogP contribution in [0.2, 0.25) is 0 Å². The van der Waals surface area contributed by atoms with Gasteiger partial charge in [0.1, 0.15) is 11.6 Å². The molecule has 2 aromatic carbocycles. The number of aromatic nitrogens is 2. The summed E-state index contributed by atoms with van der Waals surface area (Å²) in [6.07, 6.45) is 8.17. The van der Waals surface area contributed by atoms with Gasteiger partial charge in [-0.05, 0) is 67.2 Å². The lowest BCUT2D eigenvalue weighted by Gasteiger charge is -2.69. The van der Waals surface area contributed by atoms with E-state index in [1.54, 1.807) is 6.21 Å². The number of hydrogen-bond acceptors (Lipinski definition) is 3. The van der Waals surface area contributed by atoms with E-state index in [4.69, 9.17) is 0 Å². The molecular formula is C26H24F2N4O. The molecule has 1 unspecified atom stereocenters. The van der Waals surface area contributed by atoms with Gasteiger partial charge in [0.25, 0.3) is 0 Å². The summed E-state index contributed by atoms with van der Waals surface area (Å²) in [4.78, 5) is 13.5. The minimum atomic E-state index is -0.497. The fourth-order valence-electron chi connectivity index (χ4n) is 6.55. The highest BCUT2D eigenvalue weighted by molar-refractivity contribution is 5.88. The number of amides is 1. The summed E-state index contributed by atoms with van der Waals surface area (Å²) >= 11 is 0. The van der Waals surface area contributed by atoms with Crippen molar-refractivity contribution in [1.29, 1.82) is 0 Å². The summed E-state index contributed by atoms with van der Waals surface area (Å²) in [6.45, 7) is 0.807. The van der Waals surface area contributed by atoms with Gasteiger partial charge in [-0.3, -0.25) is 9.48 Å². The zero-order valence-electron chi connectivity index (χ0n) is 18.2. The van der Waals surface area contributed by atoms with Gasteiger partial charge in [-0.1, -0.05) is 18.2 Å². The van der Waals surface area contributed by atoms with Gasteiger partial charge in [0.2, 0.25) is 5.91 Å². The van der Waals surface area contributed by atoms with Crippen molar-refractivity contribution in [3.63, 3.8) is 0 Å². The lowest BCUT2D eigenvalue weighted by Crippen LogP contribution is -2.68. The average Bonchev–Trinajstić information content (AvgIpc) is 3.30. The van der Waals surface area contributed by atoms with Crippen LogP contribution in [0.5, 0.6) is 0 Å². The van der Waals surface area contributed by atoms with E-state index in [0.717, 1.165) is 49.6 Å². The van der Waals surface area contributed by atoms with Gasteiger partial charge in [0.15, 0.2) is 0 Å². The normalized spacial score (nSPS) is 29.9. The molecule has 2 bridgehead atoms. The number of hydrogen-bond donors (Lipinski definition) is 0. The maximum atomic E-state index is 14.7. The Balaban J connectivity index is 1.08. The van der Waals surface area contributed by atoms with Crippen molar-refractivity contribution in [2.45, 2.75) is 57.0 Å². The highest BCUT2D eigenvalue weighted by Gasteiger charge is 2.72. The van der Waals surface area contributed by atoms with Crippen molar-refractivity contribution in [2.24, 2.45) is 15.9 Å². The van der Waals surface area contributed by atoms with Crippen LogP contribution in [0.4, 0.5) is 8.78 Å². The number of hydrazone groups is 1. The fourth-order valence-corrected chi connectivity index (χ4v) is 6.55. The highest BCUT2D eigenvalue weighted by Crippen LogP contribution is 2.74. The molecule has 2 heterocycles. The van der Waals surface area contributed by atoms with Crippen molar-refractivity contribution in [3.05, 3.63) is 65.4 Å². The average molecular weight is 447 g/mol. The second kappa shape index (κ2) is 6.49. The van der Waals surface area contributed by atoms with Crippen LogP contribution in [0.1, 0.15) is 61.6 Å². The van der Waals surface area contributed by atoms with Crippen LogP contribution in [0.3, 0.4) is 0 Å². The molecular weight excluding hydrogens is 422 g/mol. The van der Waals surface area contributed by atoms with Crippen LogP contribution >= 0.6 is 0 Å². The third-order valence-electron chi connectivity index (χ3n) is 8.14. The molecule has 5 aliphatic rings. The Morgan fingerprint density at radius 2 is 1.82 bits per heavy atom. The van der Waals surface area contributed by atoms with Crippen molar-refractivity contribution in [1.82, 2.24) is 14.8 Å². The van der Waals surface area contributed by atoms with Crippen LogP contribution in [0.15, 0.2) is 47.7 Å². The lowest BCUT2D eigenvalue weighted by molar-refractivity contribution is -0.223. The molecule has 4 fully saturated rings. The SMILES string of the molecule is O=C(N1N=CCC1c1cc(F)c(C2CC2)c(F)c1)C12CC(Cn3ncc4ccccc43)(C1)C2. The number of halogens is 2. The maximum Gasteiger partial charge on any atom is 0.249 e. The Hall–Kier alpha value is -3.09. The predicted octanol–water partition coefficient (Wildman–Crippen LogP) is 5.32. The summed E-state index contributed by atoms with van der Waals surface area (Å²) in [6, 6.07) is 10.5. The van der Waals surface area contributed by atoms with Gasteiger partial charge in [0, 0.05) is 30.1 Å². The van der Waals surface area contributed by atoms with Crippen molar-refractivity contribution >= 4 is 23.0 Å². The van der Waals surface area contributed by atoms with Crippen molar-refractivity contribution < 1.29 is 13.6 Å². The van der Waals surface area contributed by atoms with Crippen LogP contribution in [-0.2, 0) is 11.3 Å². The fraction of sp³-hybridized carbons (Fsp3) is 0.423. The van der Waals surface area contributed by atoms with Crippen LogP contribution < -0.4 is 0 Å². The van der Waals surface area contributed by atoms with Crippen molar-refractivity contribution in [3.8, 4) is 0 Å². The highest BCUT2D eigenvalue weighted by atomic mass is 19.1. The van der Waals surface area contributed by atoms with E-state index >= 15 is 0 Å². The molecule has 5 nitrogen and oxygen atoms in total. The molecule has 4 aliphatic carbocycles. The molecule has 4 saturated carbocycles. The zero-order valence-corrected chi connectivity index (χ0v) is 18.2. The van der Waals surface area contributed by atoms with Gasteiger partial charge in [-0.15, -0.1) is 0 Å². The van der Waals surface area contributed by atoms with Crippen LogP contribution in [0, 0.1) is 22.5 Å². The minimum Gasteiger partial charge on any atom is -0.272 e. The van der Waals surface area contributed by atoms with Gasteiger partial charge >= 0.3 is 0 Å². The van der Waals surface area contributed by atoms with E-state index in [-0.39, 0.29) is 22.8 Å². The van der Waals surface area contributed by atoms with Gasteiger partial charge in [-0.25, -0.2) is 13.8 Å². The molecule has 7 heteroatoms. The van der Waals surface area contributed by atoms with E-state index in [1.807, 2.05) is 23.0 Å². The van der Waals surface area contributed by atoms with Crippen LogP contribution in [-0.4, -0.2) is 26.9 Å². The third kappa shape index (κ3) is 2.77. The first kappa shape index (κ1) is 19.4. The van der Waals surface area contributed by atoms with E-state index in [9.17, 15) is 13.6 Å². The van der Waals surface area contributed by atoms with Gasteiger partial charge in [0.05, 0.1) is 23.2 Å². The number of nitrogens with zero attached hydrogens (tertiary/aromatic N) is 4. The van der Waals surface area contributed by atoms with E-state index in [0.29, 0.717) is 12.0 Å². The van der Waals surface area contributed by atoms with Gasteiger partial charge in [-0.2, -0.15) is 10.2 Å². The first-order chi connectivity index (χ1) is 16.0. The number of carbonyl (C=O) groups excluding carboxylic acids is 1. The molecule has 3 aromatic rings. The van der Waals surface area contributed by atoms with E-state index in [2.05, 4.69) is 22.3 Å². The quantitative estimate of drug-likeness (QED) is 0.533. The number of rotatable bonds is 5. The summed E-state index contributed by atoms with van der Waals surface area (Å²) in [5.41, 5.74) is 1.51. The second-order valence-electron chi connectivity index (χ2n) is 10.5. The molecule has 168 valence electrons. The maximum absolute atomic E-state index is 14.7. The standard InChI is InChI=1S/C26H24F2N4O/c27-19-9-18(10-20(28)23(19)16-5-6-16)22-7-8-29-32(22)24(33)26-12-25(13-26,14-26)15-31-21-4-2-1-3-17(21)11-30-31/h1-4,8-11,16,22H,5-7,12-15H2. The molecule has 1 aromatic heterocycles. The summed E-state index contributed by atoms with van der Waals surface area (Å²) in [5, 5.41) is 11.5. The molecule has 0 saturated heterocycles. The summed E-state index contributed by atoms with van der Waals surface area (Å²) in [5.74, 6) is -1.01. The molecule has 1 aliphatic heterocycles. The monoisotopic (exact) mass is 446 g/mol. The minimum absolute atomic E-state index is 0.000449. The number of benzene rings is 2. The van der Waals surface area contributed by atoms with E-state index < -0.39 is 23.1 Å². The Morgan fingerprint density at radius 3 is 2.55 bits per heavy atom. The third-order valence-corrected chi connectivity index (χ3v) is 8.14. The molecule has 8 rings (SSSR count). The first-order valence-corrected chi connectivity index (χ1v) is 11.7. The molecule has 0 N–H and O–H groups in total. The number of para-hydroxylation sites is 1. The summed E-state index contributed by atoms with van der Waals surface area (Å²) in [7, 11) is 0. The summed E-state index contributed by atoms with van der Waals surface area (Å²) < 4.78 is 31.4. The largest absolute Gasteiger partial charge is 0.272 e. The first-order valence-electron chi connectivity index (χ1n) is 11.7. The molecule has 0 spiro atoms.